The Bertz CT molecular complexity index is 288. The van der Waals surface area contributed by atoms with Crippen molar-refractivity contribution >= 4 is 7.82 Å². The van der Waals surface area contributed by atoms with Crippen LogP contribution < -0.4 is 68.9 Å². The third-order valence-corrected chi connectivity index (χ3v) is 2.55. The third-order valence-electron chi connectivity index (χ3n) is 2.08. The van der Waals surface area contributed by atoms with Crippen molar-refractivity contribution in [2.24, 2.45) is 0 Å². The van der Waals surface area contributed by atoms with Crippen LogP contribution in [0.2, 0.25) is 0 Å². The van der Waals surface area contributed by atoms with Crippen LogP contribution in [0.5, 0.6) is 0 Å². The van der Waals surface area contributed by atoms with Gasteiger partial charge in [-0.3, -0.25) is 0 Å². The van der Waals surface area contributed by atoms with Gasteiger partial charge in [-0.05, 0) is 0 Å². The summed E-state index contributed by atoms with van der Waals surface area (Å²) >= 11 is 0. The second-order valence-corrected chi connectivity index (χ2v) is 4.36. The SMILES string of the molecule is O.O.O.O.O=P([O-])([O-])O[C@H]1O[C@H](CO)[C@H](O)[C@H](O)[C@H]1O.[Na+].[Na+]. The van der Waals surface area contributed by atoms with Crippen molar-refractivity contribution in [1.29, 1.82) is 0 Å². The molecule has 0 aromatic carbocycles. The third kappa shape index (κ3) is 11.3. The molecular formula is C6H19Na2O13P. The topological polar surface area (TPSA) is 289 Å². The van der Waals surface area contributed by atoms with Gasteiger partial charge in [-0.25, -0.2) is 0 Å². The molecule has 1 heterocycles. The summed E-state index contributed by atoms with van der Waals surface area (Å²) in [5.74, 6) is 0. The number of hydrogen-bond acceptors (Lipinski definition) is 9. The van der Waals surface area contributed by atoms with Gasteiger partial charge in [0.05, 0.1) is 14.4 Å². The summed E-state index contributed by atoms with van der Waals surface area (Å²) < 4.78 is 18.7. The molecule has 1 saturated heterocycles. The van der Waals surface area contributed by atoms with E-state index in [1.54, 1.807) is 0 Å². The molecule has 128 valence electrons. The fraction of sp³-hybridized carbons (Fsp3) is 1.00. The molecule has 12 N–H and O–H groups in total. The number of aliphatic hydroxyl groups excluding tert-OH is 4. The first-order chi connectivity index (χ1) is 7.26. The standard InChI is InChI=1S/C6H13O9P.2Na.4H2O/c7-1-2-3(8)4(9)5(10)6(14-2)15-16(11,12)13;;;;;;/h2-10H,1H2,(H2,11,12,13);;;4*1H2/q;2*+1;;;;/p-2/t2-,3+,4+,5-,6-;;;;;;/m1....../s1. The van der Waals surface area contributed by atoms with Gasteiger partial charge in [0.1, 0.15) is 24.4 Å². The molecule has 0 bridgehead atoms. The van der Waals surface area contributed by atoms with Crippen molar-refractivity contribution in [1.82, 2.24) is 0 Å². The van der Waals surface area contributed by atoms with E-state index >= 15 is 0 Å². The van der Waals surface area contributed by atoms with Gasteiger partial charge in [0, 0.05) is 0 Å². The maximum Gasteiger partial charge on any atom is 1.00 e. The van der Waals surface area contributed by atoms with Crippen LogP contribution in [0.3, 0.4) is 0 Å². The number of phosphoric ester groups is 1. The van der Waals surface area contributed by atoms with E-state index in [9.17, 15) is 29.7 Å². The van der Waals surface area contributed by atoms with E-state index < -0.39 is 45.1 Å². The molecule has 0 spiro atoms. The Morgan fingerprint density at radius 2 is 1.36 bits per heavy atom. The minimum atomic E-state index is -5.41. The first-order valence-electron chi connectivity index (χ1n) is 4.27. The van der Waals surface area contributed by atoms with Crippen LogP contribution in [0.4, 0.5) is 0 Å². The van der Waals surface area contributed by atoms with Crippen molar-refractivity contribution in [2.75, 3.05) is 6.61 Å². The quantitative estimate of drug-likeness (QED) is 0.268. The summed E-state index contributed by atoms with van der Waals surface area (Å²) in [5, 5.41) is 36.5. The van der Waals surface area contributed by atoms with Gasteiger partial charge in [0.2, 0.25) is 0 Å². The van der Waals surface area contributed by atoms with Crippen LogP contribution >= 0.6 is 7.82 Å². The summed E-state index contributed by atoms with van der Waals surface area (Å²) in [6, 6.07) is 0. The number of aliphatic hydroxyl groups is 4. The monoisotopic (exact) mass is 376 g/mol. The van der Waals surface area contributed by atoms with Gasteiger partial charge in [-0.2, -0.15) is 0 Å². The largest absolute Gasteiger partial charge is 1.00 e. The molecule has 13 nitrogen and oxygen atoms in total. The number of rotatable bonds is 3. The fourth-order valence-corrected chi connectivity index (χ4v) is 1.71. The minimum Gasteiger partial charge on any atom is -0.790 e. The maximum absolute atomic E-state index is 10.3. The number of hydrogen-bond donors (Lipinski definition) is 4. The molecule has 22 heavy (non-hydrogen) atoms. The van der Waals surface area contributed by atoms with Crippen LogP contribution in [-0.4, -0.2) is 79.6 Å². The van der Waals surface area contributed by atoms with Gasteiger partial charge in [0.15, 0.2) is 6.29 Å². The Hall–Kier alpha value is 1.75. The molecule has 5 atom stereocenters. The molecule has 0 radical (unpaired) electrons. The van der Waals surface area contributed by atoms with Gasteiger partial charge < -0.3 is 65.9 Å². The zero-order chi connectivity index (χ0) is 12.5. The van der Waals surface area contributed by atoms with Crippen LogP contribution in [0, 0.1) is 0 Å². The summed E-state index contributed by atoms with van der Waals surface area (Å²) in [4.78, 5) is 20.6. The molecule has 0 aromatic heterocycles. The smallest absolute Gasteiger partial charge is 0.790 e. The normalized spacial score (nSPS) is 29.8. The predicted molar refractivity (Wildman–Crippen MR) is 56.9 cm³/mol. The summed E-state index contributed by atoms with van der Waals surface area (Å²) in [7, 11) is -5.41. The molecule has 1 aliphatic heterocycles. The second-order valence-electron chi connectivity index (χ2n) is 3.25. The molecule has 0 unspecified atom stereocenters. The van der Waals surface area contributed by atoms with Gasteiger partial charge in [-0.1, -0.05) is 0 Å². The van der Waals surface area contributed by atoms with E-state index in [0.717, 1.165) is 0 Å². The summed E-state index contributed by atoms with van der Waals surface area (Å²) in [6.07, 6.45) is -8.61. The number of phosphoric acid groups is 1. The van der Waals surface area contributed by atoms with Crippen molar-refractivity contribution in [3.63, 3.8) is 0 Å². The van der Waals surface area contributed by atoms with E-state index in [1.807, 2.05) is 0 Å². The van der Waals surface area contributed by atoms with Crippen molar-refractivity contribution in [3.05, 3.63) is 0 Å². The minimum absolute atomic E-state index is 0. The Morgan fingerprint density at radius 3 is 1.68 bits per heavy atom. The van der Waals surface area contributed by atoms with Crippen LogP contribution in [-0.2, 0) is 13.8 Å². The Labute approximate surface area is 169 Å². The Balaban J connectivity index is -0.000000107. The molecular weight excluding hydrogens is 357 g/mol. The van der Waals surface area contributed by atoms with E-state index in [-0.39, 0.29) is 81.0 Å². The average Bonchev–Trinajstić information content (AvgIpc) is 2.17. The maximum atomic E-state index is 10.3. The Morgan fingerprint density at radius 1 is 0.955 bits per heavy atom. The number of ether oxygens (including phenoxy) is 1. The second kappa shape index (κ2) is 16.2. The van der Waals surface area contributed by atoms with Crippen molar-refractivity contribution < 1.29 is 125 Å². The molecule has 0 saturated carbocycles. The summed E-state index contributed by atoms with van der Waals surface area (Å²) in [5.41, 5.74) is 0. The average molecular weight is 376 g/mol. The molecule has 1 rings (SSSR count). The van der Waals surface area contributed by atoms with Crippen LogP contribution in [0.25, 0.3) is 0 Å². The molecule has 0 amide bonds. The van der Waals surface area contributed by atoms with Gasteiger partial charge in [-0.15, -0.1) is 0 Å². The molecule has 1 fully saturated rings. The van der Waals surface area contributed by atoms with Crippen LogP contribution in [0.15, 0.2) is 0 Å². The Kier molecular flexibility index (Phi) is 28.8. The van der Waals surface area contributed by atoms with E-state index in [1.165, 1.54) is 0 Å². The van der Waals surface area contributed by atoms with E-state index in [2.05, 4.69) is 9.26 Å². The van der Waals surface area contributed by atoms with Crippen LogP contribution in [0.1, 0.15) is 0 Å². The molecule has 16 heteroatoms. The van der Waals surface area contributed by atoms with E-state index in [4.69, 9.17) is 5.11 Å². The fourth-order valence-electron chi connectivity index (χ4n) is 1.28. The predicted octanol–water partition coefficient (Wildman–Crippen LogP) is -13.7. The van der Waals surface area contributed by atoms with Crippen molar-refractivity contribution in [3.8, 4) is 0 Å². The van der Waals surface area contributed by atoms with E-state index in [0.29, 0.717) is 0 Å². The first-order valence-corrected chi connectivity index (χ1v) is 5.73. The first kappa shape index (κ1) is 39.0. The zero-order valence-electron chi connectivity index (χ0n) is 11.9. The van der Waals surface area contributed by atoms with Gasteiger partial charge in [0.25, 0.3) is 0 Å². The van der Waals surface area contributed by atoms with Gasteiger partial charge >= 0.3 is 59.1 Å². The molecule has 0 aromatic rings. The summed E-state index contributed by atoms with van der Waals surface area (Å²) in [6.45, 7) is -0.743. The zero-order valence-corrected chi connectivity index (χ0v) is 16.8. The van der Waals surface area contributed by atoms with Crippen molar-refractivity contribution in [2.45, 2.75) is 30.7 Å². The molecule has 0 aliphatic carbocycles. The molecule has 1 aliphatic rings.